The average Bonchev–Trinajstić information content (AvgIpc) is 2.28. The van der Waals surface area contributed by atoms with Crippen molar-refractivity contribution >= 4 is 22.6 Å². The van der Waals surface area contributed by atoms with Crippen molar-refractivity contribution in [1.82, 2.24) is 0 Å². The molecule has 2 aromatic rings. The zero-order valence-electron chi connectivity index (χ0n) is 9.71. The summed E-state index contributed by atoms with van der Waals surface area (Å²) in [6, 6.07) is 3.01. The lowest BCUT2D eigenvalue weighted by Gasteiger charge is -2.07. The van der Waals surface area contributed by atoms with Gasteiger partial charge in [0, 0.05) is 17.0 Å². The summed E-state index contributed by atoms with van der Waals surface area (Å²) in [6.45, 7) is 3.88. The van der Waals surface area contributed by atoms with E-state index in [0.717, 1.165) is 17.4 Å². The molecule has 0 amide bonds. The number of fused-ring (bicyclic) bond motifs is 1. The molecule has 0 bridgehead atoms. The molecule has 1 heterocycles. The Bertz CT molecular complexity index is 629. The second-order valence-electron chi connectivity index (χ2n) is 4.04. The summed E-state index contributed by atoms with van der Waals surface area (Å²) < 4.78 is 5.19. The van der Waals surface area contributed by atoms with Crippen molar-refractivity contribution in [1.29, 1.82) is 0 Å². The standard InChI is InChI=1S/C13H13ClO3/c1-3-4-8-7(2)9-5-10(14)11(15)6-12(9)17-13(8)16/h5-6,15H,3-4H2,1-2H3. The quantitative estimate of drug-likeness (QED) is 0.834. The molecule has 1 aromatic carbocycles. The van der Waals surface area contributed by atoms with Crippen LogP contribution in [0.2, 0.25) is 5.02 Å². The predicted octanol–water partition coefficient (Wildman–Crippen LogP) is 3.41. The molecule has 0 radical (unpaired) electrons. The molecule has 17 heavy (non-hydrogen) atoms. The summed E-state index contributed by atoms with van der Waals surface area (Å²) >= 11 is 5.86. The lowest BCUT2D eigenvalue weighted by molar-refractivity contribution is 0.473. The smallest absolute Gasteiger partial charge is 0.339 e. The van der Waals surface area contributed by atoms with Crippen molar-refractivity contribution in [2.75, 3.05) is 0 Å². The van der Waals surface area contributed by atoms with Crippen molar-refractivity contribution in [3.05, 3.63) is 38.7 Å². The highest BCUT2D eigenvalue weighted by atomic mass is 35.5. The van der Waals surface area contributed by atoms with Crippen LogP contribution >= 0.6 is 11.6 Å². The van der Waals surface area contributed by atoms with Gasteiger partial charge in [0.2, 0.25) is 0 Å². The number of aryl methyl sites for hydroxylation is 1. The van der Waals surface area contributed by atoms with E-state index < -0.39 is 0 Å². The minimum atomic E-state index is -0.335. The first kappa shape index (κ1) is 12.0. The lowest BCUT2D eigenvalue weighted by atomic mass is 10.0. The van der Waals surface area contributed by atoms with Crippen LogP contribution in [0.15, 0.2) is 21.3 Å². The van der Waals surface area contributed by atoms with E-state index in [0.29, 0.717) is 17.6 Å². The Morgan fingerprint density at radius 1 is 1.41 bits per heavy atom. The summed E-state index contributed by atoms with van der Waals surface area (Å²) in [6.07, 6.45) is 1.56. The van der Waals surface area contributed by atoms with Gasteiger partial charge in [0.15, 0.2) is 0 Å². The predicted molar refractivity (Wildman–Crippen MR) is 67.9 cm³/mol. The second-order valence-corrected chi connectivity index (χ2v) is 4.45. The minimum Gasteiger partial charge on any atom is -0.506 e. The average molecular weight is 253 g/mol. The largest absolute Gasteiger partial charge is 0.506 e. The Labute approximate surface area is 104 Å². The zero-order valence-corrected chi connectivity index (χ0v) is 10.5. The first-order valence-corrected chi connectivity index (χ1v) is 5.87. The van der Waals surface area contributed by atoms with Crippen LogP contribution in [0.5, 0.6) is 5.75 Å². The molecule has 1 N–H and O–H groups in total. The molecule has 0 spiro atoms. The highest BCUT2D eigenvalue weighted by Gasteiger charge is 2.12. The van der Waals surface area contributed by atoms with Crippen molar-refractivity contribution in [3.8, 4) is 5.75 Å². The number of rotatable bonds is 2. The van der Waals surface area contributed by atoms with Gasteiger partial charge in [0.1, 0.15) is 11.3 Å². The first-order valence-electron chi connectivity index (χ1n) is 5.49. The van der Waals surface area contributed by atoms with Crippen LogP contribution in [0.1, 0.15) is 24.5 Å². The normalized spacial score (nSPS) is 11.0. The third-order valence-corrected chi connectivity index (χ3v) is 3.16. The number of phenolic OH excluding ortho intramolecular Hbond substituents is 1. The molecule has 0 atom stereocenters. The van der Waals surface area contributed by atoms with E-state index >= 15 is 0 Å². The zero-order chi connectivity index (χ0) is 12.6. The number of hydrogen-bond donors (Lipinski definition) is 1. The number of benzene rings is 1. The topological polar surface area (TPSA) is 50.4 Å². The Morgan fingerprint density at radius 3 is 2.76 bits per heavy atom. The van der Waals surface area contributed by atoms with Crippen LogP contribution in [0, 0.1) is 6.92 Å². The van der Waals surface area contributed by atoms with E-state index in [-0.39, 0.29) is 16.4 Å². The van der Waals surface area contributed by atoms with Crippen LogP contribution in [0.3, 0.4) is 0 Å². The lowest BCUT2D eigenvalue weighted by Crippen LogP contribution is -2.09. The molecule has 0 saturated carbocycles. The summed E-state index contributed by atoms with van der Waals surface area (Å²) in [4.78, 5) is 11.8. The molecular formula is C13H13ClO3. The third kappa shape index (κ3) is 2.03. The van der Waals surface area contributed by atoms with Crippen molar-refractivity contribution < 1.29 is 9.52 Å². The Morgan fingerprint density at radius 2 is 2.12 bits per heavy atom. The molecule has 0 fully saturated rings. The molecule has 4 heteroatoms. The van der Waals surface area contributed by atoms with Gasteiger partial charge in [-0.15, -0.1) is 0 Å². The van der Waals surface area contributed by atoms with Crippen LogP contribution in [0.25, 0.3) is 11.0 Å². The molecule has 3 nitrogen and oxygen atoms in total. The highest BCUT2D eigenvalue weighted by Crippen LogP contribution is 2.30. The minimum absolute atomic E-state index is 0.0787. The summed E-state index contributed by atoms with van der Waals surface area (Å²) in [5.74, 6) is -0.0787. The molecule has 1 aromatic heterocycles. The van der Waals surface area contributed by atoms with Gasteiger partial charge < -0.3 is 9.52 Å². The summed E-state index contributed by atoms with van der Waals surface area (Å²) in [5.41, 5.74) is 1.59. The van der Waals surface area contributed by atoms with Gasteiger partial charge in [-0.1, -0.05) is 24.9 Å². The van der Waals surface area contributed by atoms with Gasteiger partial charge in [-0.2, -0.15) is 0 Å². The molecule has 2 rings (SSSR count). The highest BCUT2D eigenvalue weighted by molar-refractivity contribution is 6.32. The van der Waals surface area contributed by atoms with Crippen LogP contribution in [-0.4, -0.2) is 5.11 Å². The van der Waals surface area contributed by atoms with Gasteiger partial charge in [0.25, 0.3) is 0 Å². The van der Waals surface area contributed by atoms with Crippen LogP contribution < -0.4 is 5.63 Å². The van der Waals surface area contributed by atoms with E-state index in [4.69, 9.17) is 16.0 Å². The number of halogens is 1. The molecule has 0 aliphatic heterocycles. The summed E-state index contributed by atoms with van der Waals surface area (Å²) in [7, 11) is 0. The maximum atomic E-state index is 11.8. The molecule has 90 valence electrons. The molecule has 0 saturated heterocycles. The molecule has 0 aliphatic carbocycles. The van der Waals surface area contributed by atoms with Gasteiger partial charge in [-0.3, -0.25) is 0 Å². The number of aromatic hydroxyl groups is 1. The van der Waals surface area contributed by atoms with Gasteiger partial charge in [-0.05, 0) is 25.0 Å². The van der Waals surface area contributed by atoms with E-state index in [1.54, 1.807) is 6.07 Å². The second kappa shape index (κ2) is 4.41. The van der Waals surface area contributed by atoms with Gasteiger partial charge in [-0.25, -0.2) is 4.79 Å². The Kier molecular flexibility index (Phi) is 3.11. The van der Waals surface area contributed by atoms with Gasteiger partial charge >= 0.3 is 5.63 Å². The SMILES string of the molecule is CCCc1c(C)c2cc(Cl)c(O)cc2oc1=O. The first-order chi connectivity index (χ1) is 8.04. The van der Waals surface area contributed by atoms with Crippen molar-refractivity contribution in [3.63, 3.8) is 0 Å². The molecular weight excluding hydrogens is 240 g/mol. The maximum Gasteiger partial charge on any atom is 0.339 e. The van der Waals surface area contributed by atoms with Gasteiger partial charge in [0.05, 0.1) is 5.02 Å². The van der Waals surface area contributed by atoms with Crippen molar-refractivity contribution in [2.45, 2.75) is 26.7 Å². The van der Waals surface area contributed by atoms with E-state index in [1.807, 2.05) is 13.8 Å². The van der Waals surface area contributed by atoms with Crippen LogP contribution in [0.4, 0.5) is 0 Å². The van der Waals surface area contributed by atoms with E-state index in [1.165, 1.54) is 6.07 Å². The fourth-order valence-corrected chi connectivity index (χ4v) is 2.10. The summed E-state index contributed by atoms with van der Waals surface area (Å²) in [5, 5.41) is 10.5. The van der Waals surface area contributed by atoms with Crippen molar-refractivity contribution in [2.24, 2.45) is 0 Å². The molecule has 0 aliphatic rings. The number of phenols is 1. The monoisotopic (exact) mass is 252 g/mol. The Balaban J connectivity index is 2.82. The van der Waals surface area contributed by atoms with Crippen LogP contribution in [-0.2, 0) is 6.42 Å². The van der Waals surface area contributed by atoms with E-state index in [9.17, 15) is 9.90 Å². The molecule has 0 unspecified atom stereocenters. The maximum absolute atomic E-state index is 11.8. The number of hydrogen-bond acceptors (Lipinski definition) is 3. The third-order valence-electron chi connectivity index (χ3n) is 2.85. The van der Waals surface area contributed by atoms with E-state index in [2.05, 4.69) is 0 Å². The fourth-order valence-electron chi connectivity index (χ4n) is 1.94. The fraction of sp³-hybridized carbons (Fsp3) is 0.308. The Hall–Kier alpha value is -1.48.